The molecule has 2 N–H and O–H groups in total. The van der Waals surface area contributed by atoms with Gasteiger partial charge >= 0.3 is 12.3 Å². The Hall–Kier alpha value is -1.03. The van der Waals surface area contributed by atoms with Crippen molar-refractivity contribution in [1.29, 1.82) is 0 Å². The second-order valence-corrected chi connectivity index (χ2v) is 4.10. The standard InChI is InChI=1S/C9H6F3IO4/c10-9(11,12)17-5-3-1-2-4(13)6(5)7(14)8(15)16/h1-3,7,14H,(H,15,16). The zero-order valence-corrected chi connectivity index (χ0v) is 10.2. The summed E-state index contributed by atoms with van der Waals surface area (Å²) in [5.41, 5.74) is -0.419. The van der Waals surface area contributed by atoms with E-state index in [1.165, 1.54) is 12.1 Å². The molecule has 0 aliphatic carbocycles. The normalized spacial score (nSPS) is 13.2. The number of carbonyl (C=O) groups is 1. The summed E-state index contributed by atoms with van der Waals surface area (Å²) in [7, 11) is 0. The van der Waals surface area contributed by atoms with Crippen LogP contribution in [-0.2, 0) is 4.79 Å². The Morgan fingerprint density at radius 3 is 2.47 bits per heavy atom. The maximum atomic E-state index is 12.1. The third-order valence-corrected chi connectivity index (χ3v) is 2.69. The Kier molecular flexibility index (Phi) is 4.20. The molecule has 1 aromatic carbocycles. The van der Waals surface area contributed by atoms with Gasteiger partial charge in [-0.15, -0.1) is 13.2 Å². The number of ether oxygens (including phenoxy) is 1. The van der Waals surface area contributed by atoms with Crippen molar-refractivity contribution in [3.05, 3.63) is 27.3 Å². The zero-order chi connectivity index (χ0) is 13.2. The lowest BCUT2D eigenvalue weighted by atomic mass is 10.1. The first-order chi connectivity index (χ1) is 7.72. The summed E-state index contributed by atoms with van der Waals surface area (Å²) in [5.74, 6) is -2.37. The number of aliphatic carboxylic acids is 1. The van der Waals surface area contributed by atoms with Crippen LogP contribution in [0.2, 0.25) is 0 Å². The summed E-state index contributed by atoms with van der Waals surface area (Å²) in [6.45, 7) is 0. The van der Waals surface area contributed by atoms with Crippen LogP contribution in [0.5, 0.6) is 5.75 Å². The summed E-state index contributed by atoms with van der Waals surface area (Å²) in [4.78, 5) is 10.6. The molecule has 1 unspecified atom stereocenters. The predicted molar refractivity (Wildman–Crippen MR) is 58.4 cm³/mol. The Bertz CT molecular complexity index is 433. The molecule has 1 atom stereocenters. The number of halogens is 4. The lowest BCUT2D eigenvalue weighted by molar-refractivity contribution is -0.275. The predicted octanol–water partition coefficient (Wildman–Crippen LogP) is 2.31. The van der Waals surface area contributed by atoms with E-state index in [1.807, 2.05) is 0 Å². The van der Waals surface area contributed by atoms with Gasteiger partial charge in [0.25, 0.3) is 0 Å². The lowest BCUT2D eigenvalue weighted by Crippen LogP contribution is -2.21. The van der Waals surface area contributed by atoms with E-state index >= 15 is 0 Å². The molecule has 17 heavy (non-hydrogen) atoms. The second kappa shape index (κ2) is 5.08. The summed E-state index contributed by atoms with van der Waals surface area (Å²) in [5, 5.41) is 17.9. The third kappa shape index (κ3) is 3.73. The highest BCUT2D eigenvalue weighted by atomic mass is 127. The molecule has 0 heterocycles. The highest BCUT2D eigenvalue weighted by molar-refractivity contribution is 14.1. The molecule has 0 saturated heterocycles. The Labute approximate surface area is 107 Å². The van der Waals surface area contributed by atoms with Gasteiger partial charge in [0.15, 0.2) is 6.10 Å². The third-order valence-electron chi connectivity index (χ3n) is 1.75. The highest BCUT2D eigenvalue weighted by Gasteiger charge is 2.34. The summed E-state index contributed by atoms with van der Waals surface area (Å²) in [6.07, 6.45) is -7.02. The minimum Gasteiger partial charge on any atom is -0.479 e. The molecule has 4 nitrogen and oxygen atoms in total. The fourth-order valence-electron chi connectivity index (χ4n) is 1.12. The number of alkyl halides is 3. The molecule has 0 spiro atoms. The minimum atomic E-state index is -4.95. The van der Waals surface area contributed by atoms with E-state index in [-0.39, 0.29) is 3.57 Å². The van der Waals surface area contributed by atoms with Crippen LogP contribution < -0.4 is 4.74 Å². The van der Waals surface area contributed by atoms with Crippen LogP contribution >= 0.6 is 22.6 Å². The number of carboxylic acid groups (broad SMARTS) is 1. The topological polar surface area (TPSA) is 66.8 Å². The molecule has 94 valence electrons. The Balaban J connectivity index is 3.22. The average Bonchev–Trinajstić information content (AvgIpc) is 2.14. The zero-order valence-electron chi connectivity index (χ0n) is 8.03. The Morgan fingerprint density at radius 1 is 1.41 bits per heavy atom. The molecule has 0 aliphatic heterocycles. The van der Waals surface area contributed by atoms with E-state index in [0.717, 1.165) is 6.07 Å². The number of benzene rings is 1. The number of carboxylic acids is 1. The van der Waals surface area contributed by atoms with E-state index in [2.05, 4.69) is 4.74 Å². The van der Waals surface area contributed by atoms with E-state index in [4.69, 9.17) is 5.11 Å². The van der Waals surface area contributed by atoms with Crippen molar-refractivity contribution in [2.75, 3.05) is 0 Å². The first kappa shape index (κ1) is 14.0. The van der Waals surface area contributed by atoms with Crippen LogP contribution in [-0.4, -0.2) is 22.5 Å². The molecule has 0 fully saturated rings. The Morgan fingerprint density at radius 2 is 2.00 bits per heavy atom. The first-order valence-corrected chi connectivity index (χ1v) is 5.25. The molecular weight excluding hydrogens is 356 g/mol. The smallest absolute Gasteiger partial charge is 0.479 e. The maximum absolute atomic E-state index is 12.1. The number of hydrogen-bond acceptors (Lipinski definition) is 3. The summed E-state index contributed by atoms with van der Waals surface area (Å²) < 4.78 is 40.0. The van der Waals surface area contributed by atoms with Crippen LogP contribution in [0.3, 0.4) is 0 Å². The number of hydrogen-bond donors (Lipinski definition) is 2. The van der Waals surface area contributed by atoms with Gasteiger partial charge < -0.3 is 14.9 Å². The molecule has 1 rings (SSSR count). The average molecular weight is 362 g/mol. The SMILES string of the molecule is O=C(O)C(O)c1c(I)cccc1OC(F)(F)F. The van der Waals surface area contributed by atoms with E-state index in [9.17, 15) is 23.1 Å². The quantitative estimate of drug-likeness (QED) is 0.810. The minimum absolute atomic E-state index is 0.166. The van der Waals surface area contributed by atoms with Gasteiger partial charge in [-0.05, 0) is 34.7 Å². The summed E-state index contributed by atoms with van der Waals surface area (Å²) >= 11 is 1.62. The van der Waals surface area contributed by atoms with Crippen LogP contribution in [0.1, 0.15) is 11.7 Å². The van der Waals surface area contributed by atoms with Gasteiger partial charge in [-0.2, -0.15) is 0 Å². The van der Waals surface area contributed by atoms with E-state index < -0.39 is 29.7 Å². The molecule has 0 amide bonds. The molecular formula is C9H6F3IO4. The van der Waals surface area contributed by atoms with Crippen molar-refractivity contribution in [2.24, 2.45) is 0 Å². The largest absolute Gasteiger partial charge is 0.573 e. The van der Waals surface area contributed by atoms with Crippen LogP contribution in [0.4, 0.5) is 13.2 Å². The first-order valence-electron chi connectivity index (χ1n) is 4.17. The molecule has 0 aliphatic rings. The molecule has 0 saturated carbocycles. The molecule has 0 radical (unpaired) electrons. The lowest BCUT2D eigenvalue weighted by Gasteiger charge is -2.16. The van der Waals surface area contributed by atoms with Crippen molar-refractivity contribution >= 4 is 28.6 Å². The number of aliphatic hydroxyl groups is 1. The van der Waals surface area contributed by atoms with Gasteiger partial charge in [0.1, 0.15) is 5.75 Å². The molecule has 8 heteroatoms. The van der Waals surface area contributed by atoms with Crippen molar-refractivity contribution in [1.82, 2.24) is 0 Å². The maximum Gasteiger partial charge on any atom is 0.573 e. The van der Waals surface area contributed by atoms with Gasteiger partial charge in [-0.1, -0.05) is 6.07 Å². The van der Waals surface area contributed by atoms with E-state index in [0.29, 0.717) is 0 Å². The van der Waals surface area contributed by atoms with E-state index in [1.54, 1.807) is 22.6 Å². The molecule has 0 aromatic heterocycles. The van der Waals surface area contributed by atoms with Gasteiger partial charge in [0.2, 0.25) is 0 Å². The summed E-state index contributed by atoms with van der Waals surface area (Å²) in [6, 6.07) is 3.57. The van der Waals surface area contributed by atoms with Crippen molar-refractivity contribution in [3.8, 4) is 5.75 Å². The van der Waals surface area contributed by atoms with Gasteiger partial charge in [-0.25, -0.2) is 4.79 Å². The van der Waals surface area contributed by atoms with Gasteiger partial charge in [-0.3, -0.25) is 0 Å². The highest BCUT2D eigenvalue weighted by Crippen LogP contribution is 2.33. The number of aliphatic hydroxyl groups excluding tert-OH is 1. The fourth-order valence-corrected chi connectivity index (χ4v) is 1.89. The molecule has 0 bridgehead atoms. The fraction of sp³-hybridized carbons (Fsp3) is 0.222. The van der Waals surface area contributed by atoms with Crippen molar-refractivity contribution in [2.45, 2.75) is 12.5 Å². The molecule has 1 aromatic rings. The number of rotatable bonds is 3. The van der Waals surface area contributed by atoms with Crippen LogP contribution in [0.25, 0.3) is 0 Å². The van der Waals surface area contributed by atoms with Gasteiger partial charge in [0.05, 0.1) is 0 Å². The monoisotopic (exact) mass is 362 g/mol. The van der Waals surface area contributed by atoms with Crippen molar-refractivity contribution in [3.63, 3.8) is 0 Å². The van der Waals surface area contributed by atoms with Crippen LogP contribution in [0, 0.1) is 3.57 Å². The van der Waals surface area contributed by atoms with Gasteiger partial charge in [0, 0.05) is 9.13 Å². The van der Waals surface area contributed by atoms with Crippen molar-refractivity contribution < 1.29 is 32.9 Å². The van der Waals surface area contributed by atoms with Crippen LogP contribution in [0.15, 0.2) is 18.2 Å². The second-order valence-electron chi connectivity index (χ2n) is 2.94.